The number of carboxylic acids is 1. The number of aryl methyl sites for hydroxylation is 1. The number of rotatable bonds is 2. The summed E-state index contributed by atoms with van der Waals surface area (Å²) in [6.07, 6.45) is -4.17. The van der Waals surface area contributed by atoms with Crippen molar-refractivity contribution in [2.75, 3.05) is 11.9 Å². The van der Waals surface area contributed by atoms with Crippen LogP contribution in [0.25, 0.3) is 11.4 Å². The standard InChI is InChI=1S/C11H14N6OS.C2HF3O2/c1-6(18)13-11-9(10-14-16-17(2)15-10)7-3-4-12-5-8(7)19-11;3-2(4,5)1(6)7/h12H,3-5H2,1-2H3,(H,13,18);(H,6,7). The molecule has 0 fully saturated rings. The number of amides is 1. The monoisotopic (exact) mass is 392 g/mol. The number of nitrogens with one attached hydrogen (secondary N) is 2. The maximum Gasteiger partial charge on any atom is 0.490 e. The van der Waals surface area contributed by atoms with E-state index in [0.717, 1.165) is 30.1 Å². The lowest BCUT2D eigenvalue weighted by atomic mass is 10.0. The fourth-order valence-corrected chi connectivity index (χ4v) is 3.46. The van der Waals surface area contributed by atoms with Gasteiger partial charge in [-0.15, -0.1) is 21.5 Å². The van der Waals surface area contributed by atoms with Crippen LogP contribution in [-0.4, -0.2) is 49.9 Å². The number of halogens is 3. The lowest BCUT2D eigenvalue weighted by Gasteiger charge is -2.12. The smallest absolute Gasteiger partial charge is 0.475 e. The van der Waals surface area contributed by atoms with Gasteiger partial charge in [0.2, 0.25) is 11.7 Å². The Hall–Kier alpha value is -2.54. The van der Waals surface area contributed by atoms with Crippen LogP contribution in [-0.2, 0) is 29.6 Å². The summed E-state index contributed by atoms with van der Waals surface area (Å²) in [5.41, 5.74) is 2.14. The first-order chi connectivity index (χ1) is 12.1. The van der Waals surface area contributed by atoms with Gasteiger partial charge in [0, 0.05) is 18.3 Å². The van der Waals surface area contributed by atoms with E-state index in [-0.39, 0.29) is 5.91 Å². The molecule has 0 atom stereocenters. The molecule has 2 aromatic rings. The summed E-state index contributed by atoms with van der Waals surface area (Å²) < 4.78 is 31.7. The molecule has 3 N–H and O–H groups in total. The molecule has 3 rings (SSSR count). The first kappa shape index (κ1) is 19.8. The van der Waals surface area contributed by atoms with Gasteiger partial charge >= 0.3 is 12.1 Å². The second-order valence-corrected chi connectivity index (χ2v) is 6.33. The van der Waals surface area contributed by atoms with E-state index in [2.05, 4.69) is 26.0 Å². The Kier molecular flexibility index (Phi) is 5.92. The van der Waals surface area contributed by atoms with E-state index in [1.807, 2.05) is 0 Å². The minimum atomic E-state index is -5.08. The molecule has 1 aliphatic heterocycles. The number of carboxylic acid groups (broad SMARTS) is 1. The molecule has 0 unspecified atom stereocenters. The van der Waals surface area contributed by atoms with Crippen LogP contribution < -0.4 is 10.6 Å². The summed E-state index contributed by atoms with van der Waals surface area (Å²) >= 11 is 1.58. The van der Waals surface area contributed by atoms with Crippen molar-refractivity contribution in [3.63, 3.8) is 0 Å². The zero-order valence-electron chi connectivity index (χ0n) is 13.7. The third kappa shape index (κ3) is 4.76. The molecule has 0 saturated carbocycles. The average molecular weight is 392 g/mol. The summed E-state index contributed by atoms with van der Waals surface area (Å²) in [6.45, 7) is 3.26. The fraction of sp³-hybridized carbons (Fsp3) is 0.462. The van der Waals surface area contributed by atoms with Crippen LogP contribution in [0.15, 0.2) is 0 Å². The van der Waals surface area contributed by atoms with Crippen LogP contribution in [0, 0.1) is 0 Å². The molecular weight excluding hydrogens is 377 g/mol. The molecule has 142 valence electrons. The number of anilines is 1. The van der Waals surface area contributed by atoms with E-state index in [1.54, 1.807) is 18.4 Å². The minimum Gasteiger partial charge on any atom is -0.475 e. The van der Waals surface area contributed by atoms with Crippen LogP contribution in [0.5, 0.6) is 0 Å². The predicted octanol–water partition coefficient (Wildman–Crippen LogP) is 1.18. The van der Waals surface area contributed by atoms with Crippen molar-refractivity contribution in [1.82, 2.24) is 25.5 Å². The van der Waals surface area contributed by atoms with Crippen LogP contribution in [0.2, 0.25) is 0 Å². The Morgan fingerprint density at radius 3 is 2.54 bits per heavy atom. The van der Waals surface area contributed by atoms with Crippen molar-refractivity contribution < 1.29 is 27.9 Å². The van der Waals surface area contributed by atoms with Crippen molar-refractivity contribution >= 4 is 28.2 Å². The van der Waals surface area contributed by atoms with Crippen molar-refractivity contribution in [1.29, 1.82) is 0 Å². The largest absolute Gasteiger partial charge is 0.490 e. The Bertz CT molecular complexity index is 817. The highest BCUT2D eigenvalue weighted by atomic mass is 32.1. The molecule has 1 amide bonds. The lowest BCUT2D eigenvalue weighted by Crippen LogP contribution is -2.22. The highest BCUT2D eigenvalue weighted by Crippen LogP contribution is 2.40. The van der Waals surface area contributed by atoms with Gasteiger partial charge in [0.15, 0.2) is 0 Å². The maximum absolute atomic E-state index is 11.3. The summed E-state index contributed by atoms with van der Waals surface area (Å²) in [5, 5.41) is 26.3. The second-order valence-electron chi connectivity index (χ2n) is 5.22. The van der Waals surface area contributed by atoms with E-state index in [0.29, 0.717) is 5.82 Å². The Labute approximate surface area is 149 Å². The predicted molar refractivity (Wildman–Crippen MR) is 85.5 cm³/mol. The molecule has 3 heterocycles. The summed E-state index contributed by atoms with van der Waals surface area (Å²) in [7, 11) is 1.73. The van der Waals surface area contributed by atoms with E-state index < -0.39 is 12.1 Å². The molecular formula is C13H15F3N6O3S. The number of nitrogens with zero attached hydrogens (tertiary/aromatic N) is 4. The molecule has 0 radical (unpaired) electrons. The number of aliphatic carboxylic acids is 1. The lowest BCUT2D eigenvalue weighted by molar-refractivity contribution is -0.192. The quantitative estimate of drug-likeness (QED) is 0.701. The average Bonchev–Trinajstić information content (AvgIpc) is 3.09. The van der Waals surface area contributed by atoms with Gasteiger partial charge < -0.3 is 15.7 Å². The molecule has 9 nitrogen and oxygen atoms in total. The van der Waals surface area contributed by atoms with Crippen molar-refractivity contribution in [3.8, 4) is 11.4 Å². The van der Waals surface area contributed by atoms with Crippen molar-refractivity contribution in [2.24, 2.45) is 7.05 Å². The molecule has 0 aliphatic carbocycles. The Balaban J connectivity index is 0.000000298. The first-order valence-corrected chi connectivity index (χ1v) is 8.08. The van der Waals surface area contributed by atoms with Gasteiger partial charge in [-0.1, -0.05) is 0 Å². The number of thiophene rings is 1. The second kappa shape index (κ2) is 7.78. The molecule has 0 spiro atoms. The van der Waals surface area contributed by atoms with Crippen LogP contribution >= 0.6 is 11.3 Å². The number of carbonyl (C=O) groups excluding carboxylic acids is 1. The Morgan fingerprint density at radius 2 is 2.04 bits per heavy atom. The SMILES string of the molecule is CC(=O)Nc1sc2c(c1-c1nnn(C)n1)CCNC2.O=C(O)C(F)(F)F. The first-order valence-electron chi connectivity index (χ1n) is 7.27. The van der Waals surface area contributed by atoms with Crippen LogP contribution in [0.4, 0.5) is 18.2 Å². The topological polar surface area (TPSA) is 122 Å². The molecule has 2 aromatic heterocycles. The van der Waals surface area contributed by atoms with Crippen LogP contribution in [0.1, 0.15) is 17.4 Å². The molecule has 1 aliphatic rings. The van der Waals surface area contributed by atoms with Crippen molar-refractivity contribution in [2.45, 2.75) is 26.1 Å². The number of hydrogen-bond acceptors (Lipinski definition) is 7. The number of alkyl halides is 3. The maximum atomic E-state index is 11.3. The molecule has 26 heavy (non-hydrogen) atoms. The van der Waals surface area contributed by atoms with Gasteiger partial charge in [-0.3, -0.25) is 4.79 Å². The zero-order chi connectivity index (χ0) is 19.5. The summed E-state index contributed by atoms with van der Waals surface area (Å²) in [4.78, 5) is 22.9. The molecule has 0 bridgehead atoms. The Morgan fingerprint density at radius 1 is 1.38 bits per heavy atom. The zero-order valence-corrected chi connectivity index (χ0v) is 14.5. The van der Waals surface area contributed by atoms with Gasteiger partial charge in [0.1, 0.15) is 5.00 Å². The number of hydrogen-bond donors (Lipinski definition) is 3. The number of aromatic nitrogens is 4. The number of fused-ring (bicyclic) bond motifs is 1. The van der Waals surface area contributed by atoms with E-state index in [9.17, 15) is 18.0 Å². The molecule has 0 saturated heterocycles. The summed E-state index contributed by atoms with van der Waals surface area (Å²) in [5.74, 6) is -2.27. The van der Waals surface area contributed by atoms with E-state index in [4.69, 9.17) is 9.90 Å². The van der Waals surface area contributed by atoms with Gasteiger partial charge in [-0.2, -0.15) is 18.0 Å². The van der Waals surface area contributed by atoms with Gasteiger partial charge in [-0.25, -0.2) is 4.79 Å². The van der Waals surface area contributed by atoms with Gasteiger partial charge in [0.25, 0.3) is 0 Å². The number of carbonyl (C=O) groups is 2. The van der Waals surface area contributed by atoms with E-state index in [1.165, 1.54) is 22.2 Å². The third-order valence-corrected chi connectivity index (χ3v) is 4.34. The fourth-order valence-electron chi connectivity index (χ4n) is 2.20. The number of tetrazole rings is 1. The minimum absolute atomic E-state index is 0.0864. The van der Waals surface area contributed by atoms with E-state index >= 15 is 0 Å². The van der Waals surface area contributed by atoms with Gasteiger partial charge in [-0.05, 0) is 23.7 Å². The van der Waals surface area contributed by atoms with Crippen molar-refractivity contribution in [3.05, 3.63) is 10.4 Å². The van der Waals surface area contributed by atoms with Gasteiger partial charge in [0.05, 0.1) is 12.6 Å². The normalized spacial score (nSPS) is 13.4. The third-order valence-electron chi connectivity index (χ3n) is 3.19. The van der Waals surface area contributed by atoms with Crippen LogP contribution in [0.3, 0.4) is 0 Å². The highest BCUT2D eigenvalue weighted by molar-refractivity contribution is 7.17. The molecule has 0 aromatic carbocycles. The highest BCUT2D eigenvalue weighted by Gasteiger charge is 2.38. The summed E-state index contributed by atoms with van der Waals surface area (Å²) in [6, 6.07) is 0. The molecule has 13 heteroatoms.